The van der Waals surface area contributed by atoms with Gasteiger partial charge in [0, 0.05) is 65.8 Å². The van der Waals surface area contributed by atoms with Gasteiger partial charge in [-0.3, -0.25) is 0 Å². The SMILES string of the molecule is c1ccc(-c2ccc(-n3c4ccccc4c4cc(-c5ccc6c(c5)c5ccccc5n6-c5ccc(-c6cc7ccc8ccccc8c7c7ccccc67)cc5)ccc43)cc2)cc1.c1ccc(-c2ccc(-n3c4ccccc4c4cc(-c5ccc6c(c5)c5ccccc5n6-c5cccc(-c6cc7ccc8ccccc8c7c7ccccc67)c5)ccc43)cc2)cc1. The number of aromatic nitrogens is 4. The Morgan fingerprint density at radius 2 is 0.371 bits per heavy atom. The van der Waals surface area contributed by atoms with Gasteiger partial charge < -0.3 is 18.3 Å². The average molecular weight is 1570 g/mol. The molecule has 0 radical (unpaired) electrons. The smallest absolute Gasteiger partial charge is 0.0541 e. The van der Waals surface area contributed by atoms with Crippen LogP contribution in [0.5, 0.6) is 0 Å². The molecule has 0 fully saturated rings. The first-order valence-corrected chi connectivity index (χ1v) is 42.8. The van der Waals surface area contributed by atoms with E-state index in [0.717, 1.165) is 22.7 Å². The molecule has 4 nitrogen and oxygen atoms in total. The molecule has 124 heavy (non-hydrogen) atoms. The molecular weight excluding hydrogens is 1500 g/mol. The van der Waals surface area contributed by atoms with E-state index in [1.807, 2.05) is 0 Å². The predicted octanol–water partition coefficient (Wildman–Crippen LogP) is 32.7. The zero-order valence-electron chi connectivity index (χ0n) is 67.7. The van der Waals surface area contributed by atoms with Crippen molar-refractivity contribution in [1.82, 2.24) is 18.3 Å². The van der Waals surface area contributed by atoms with Gasteiger partial charge in [0.15, 0.2) is 0 Å². The number of nitrogens with zero attached hydrogens (tertiary/aromatic N) is 4. The lowest BCUT2D eigenvalue weighted by molar-refractivity contribution is 1.18. The Balaban J connectivity index is 0.000000136. The molecule has 576 valence electrons. The van der Waals surface area contributed by atoms with Gasteiger partial charge in [0.05, 0.1) is 44.1 Å². The Morgan fingerprint density at radius 3 is 0.742 bits per heavy atom. The number of hydrogen-bond acceptors (Lipinski definition) is 0. The van der Waals surface area contributed by atoms with Crippen molar-refractivity contribution in [2.75, 3.05) is 0 Å². The van der Waals surface area contributed by atoms with Gasteiger partial charge >= 0.3 is 0 Å². The first-order valence-electron chi connectivity index (χ1n) is 42.8. The van der Waals surface area contributed by atoms with E-state index < -0.39 is 0 Å². The summed E-state index contributed by atoms with van der Waals surface area (Å²) in [7, 11) is 0. The Kier molecular flexibility index (Phi) is 16.3. The van der Waals surface area contributed by atoms with Gasteiger partial charge in [-0.25, -0.2) is 0 Å². The summed E-state index contributed by atoms with van der Waals surface area (Å²) < 4.78 is 9.66. The molecular formula is C120H76N4. The second kappa shape index (κ2) is 28.7. The quantitative estimate of drug-likeness (QED) is 0.122. The van der Waals surface area contributed by atoms with Crippen LogP contribution in [0.4, 0.5) is 0 Å². The Morgan fingerprint density at radius 1 is 0.113 bits per heavy atom. The second-order valence-corrected chi connectivity index (χ2v) is 33.0. The predicted molar refractivity (Wildman–Crippen MR) is 528 cm³/mol. The molecule has 4 heteroatoms. The molecule has 0 aliphatic carbocycles. The average Bonchev–Trinajstić information content (AvgIpc) is 1.22. The van der Waals surface area contributed by atoms with Crippen LogP contribution in [-0.4, -0.2) is 18.3 Å². The lowest BCUT2D eigenvalue weighted by Gasteiger charge is -2.15. The highest BCUT2D eigenvalue weighted by Gasteiger charge is 2.22. The molecule has 0 amide bonds. The van der Waals surface area contributed by atoms with Crippen molar-refractivity contribution >= 4 is 152 Å². The van der Waals surface area contributed by atoms with Crippen molar-refractivity contribution in [3.63, 3.8) is 0 Å². The monoisotopic (exact) mass is 1570 g/mol. The molecule has 0 aliphatic rings. The van der Waals surface area contributed by atoms with Crippen molar-refractivity contribution in [1.29, 1.82) is 0 Å². The third kappa shape index (κ3) is 11.5. The van der Waals surface area contributed by atoms with Crippen molar-refractivity contribution < 1.29 is 0 Å². The summed E-state index contributed by atoms with van der Waals surface area (Å²) in [6.45, 7) is 0. The molecule has 26 rings (SSSR count). The number of para-hydroxylation sites is 4. The minimum atomic E-state index is 1.15. The second-order valence-electron chi connectivity index (χ2n) is 33.0. The summed E-state index contributed by atoms with van der Waals surface area (Å²) in [6.07, 6.45) is 0. The fourth-order valence-electron chi connectivity index (χ4n) is 20.4. The normalized spacial score (nSPS) is 11.9. The fraction of sp³-hybridized carbons (Fsp3) is 0. The molecule has 22 aromatic carbocycles. The standard InChI is InChI=1S/2C60H38N2/c1-2-13-39(14-3-1)40-27-31-46(32-28-40)61-56-23-10-8-20-50(56)54-36-42(29-33-58(54)61)43-30-34-59-55(37-43)51-21-9-11-24-57(51)62(59)47-17-12-16-44(35-47)53-38-45-26-25-41-15-4-5-18-48(41)60(45)52-22-7-6-19-49(52)53;1-2-12-39(13-3-1)40-24-30-46(31-25-40)61-56-20-10-8-17-50(56)54-36-43(28-34-58(54)61)44-29-35-59-55(37-44)51-18-9-11-21-57(51)62(59)47-32-26-42(27-33-47)53-38-45-23-22-41-14-4-5-15-48(41)60(45)52-19-7-6-16-49(52)53/h2*1-38H. The maximum absolute atomic E-state index is 2.44. The first kappa shape index (κ1) is 70.6. The summed E-state index contributed by atoms with van der Waals surface area (Å²) in [6, 6.07) is 169. The summed E-state index contributed by atoms with van der Waals surface area (Å²) in [5, 5.41) is 25.4. The molecule has 0 bridgehead atoms. The van der Waals surface area contributed by atoms with Gasteiger partial charge in [0.1, 0.15) is 0 Å². The van der Waals surface area contributed by atoms with E-state index in [-0.39, 0.29) is 0 Å². The van der Waals surface area contributed by atoms with Crippen LogP contribution in [0, 0.1) is 0 Å². The van der Waals surface area contributed by atoms with E-state index in [1.54, 1.807) is 0 Å². The van der Waals surface area contributed by atoms with Gasteiger partial charge in [-0.2, -0.15) is 0 Å². The molecule has 0 saturated heterocycles. The van der Waals surface area contributed by atoms with Crippen LogP contribution < -0.4 is 0 Å². The number of benzene rings is 22. The molecule has 0 atom stereocenters. The third-order valence-corrected chi connectivity index (χ3v) is 26.2. The van der Waals surface area contributed by atoms with Crippen LogP contribution in [0.2, 0.25) is 0 Å². The van der Waals surface area contributed by atoms with E-state index in [0.29, 0.717) is 0 Å². The number of fused-ring (bicyclic) bond motifs is 22. The first-order chi connectivity index (χ1) is 61.5. The van der Waals surface area contributed by atoms with Crippen LogP contribution in [-0.2, 0) is 0 Å². The largest absolute Gasteiger partial charge is 0.309 e. The van der Waals surface area contributed by atoms with E-state index in [9.17, 15) is 0 Å². The van der Waals surface area contributed by atoms with E-state index in [1.165, 1.54) is 219 Å². The third-order valence-electron chi connectivity index (χ3n) is 26.2. The zero-order chi connectivity index (χ0) is 81.5. The molecule has 4 aromatic heterocycles. The Hall–Kier alpha value is -16.4. The van der Waals surface area contributed by atoms with Crippen LogP contribution in [0.1, 0.15) is 0 Å². The van der Waals surface area contributed by atoms with E-state index in [4.69, 9.17) is 0 Å². The molecule has 0 aliphatic heterocycles. The lowest BCUT2D eigenvalue weighted by Crippen LogP contribution is -1.95. The van der Waals surface area contributed by atoms with Gasteiger partial charge in [0.2, 0.25) is 0 Å². The minimum absolute atomic E-state index is 1.15. The van der Waals surface area contributed by atoms with Crippen LogP contribution in [0.25, 0.3) is 241 Å². The topological polar surface area (TPSA) is 19.7 Å². The van der Waals surface area contributed by atoms with Crippen LogP contribution in [0.3, 0.4) is 0 Å². The van der Waals surface area contributed by atoms with Gasteiger partial charge in [0.25, 0.3) is 0 Å². The molecule has 0 N–H and O–H groups in total. The molecule has 0 unspecified atom stereocenters. The molecule has 26 aromatic rings. The summed E-state index contributed by atoms with van der Waals surface area (Å²) in [4.78, 5) is 0. The maximum atomic E-state index is 2.44. The zero-order valence-corrected chi connectivity index (χ0v) is 67.7. The van der Waals surface area contributed by atoms with Crippen LogP contribution >= 0.6 is 0 Å². The van der Waals surface area contributed by atoms with Crippen molar-refractivity contribution in [2.24, 2.45) is 0 Å². The molecule has 0 saturated carbocycles. The highest BCUT2D eigenvalue weighted by Crippen LogP contribution is 2.46. The van der Waals surface area contributed by atoms with Gasteiger partial charge in [-0.05, 0) is 265 Å². The van der Waals surface area contributed by atoms with Crippen molar-refractivity contribution in [3.8, 4) is 89.5 Å². The van der Waals surface area contributed by atoms with Crippen molar-refractivity contribution in [3.05, 3.63) is 461 Å². The molecule has 0 spiro atoms. The Bertz CT molecular complexity index is 8820. The van der Waals surface area contributed by atoms with Gasteiger partial charge in [-0.1, -0.05) is 328 Å². The summed E-state index contributed by atoms with van der Waals surface area (Å²) in [5.41, 5.74) is 28.8. The Labute approximate surface area is 715 Å². The summed E-state index contributed by atoms with van der Waals surface area (Å²) in [5.74, 6) is 0. The van der Waals surface area contributed by atoms with E-state index in [2.05, 4.69) is 479 Å². The number of hydrogen-bond donors (Lipinski definition) is 0. The highest BCUT2D eigenvalue weighted by molar-refractivity contribution is 6.25. The maximum Gasteiger partial charge on any atom is 0.0541 e. The van der Waals surface area contributed by atoms with Gasteiger partial charge in [-0.15, -0.1) is 0 Å². The molecule has 4 heterocycles. The lowest BCUT2D eigenvalue weighted by atomic mass is 9.90. The highest BCUT2D eigenvalue weighted by atomic mass is 15.0. The fourth-order valence-corrected chi connectivity index (χ4v) is 20.4. The summed E-state index contributed by atoms with van der Waals surface area (Å²) >= 11 is 0. The van der Waals surface area contributed by atoms with Crippen LogP contribution in [0.15, 0.2) is 461 Å². The van der Waals surface area contributed by atoms with Crippen molar-refractivity contribution in [2.45, 2.75) is 0 Å². The minimum Gasteiger partial charge on any atom is -0.309 e. The van der Waals surface area contributed by atoms with E-state index >= 15 is 0 Å². The number of rotatable bonds is 10.